The van der Waals surface area contributed by atoms with Gasteiger partial charge in [0.05, 0.1) is 29.8 Å². The van der Waals surface area contributed by atoms with Crippen LogP contribution in [0.5, 0.6) is 0 Å². The SMILES string of the molecule is CC1COCCN1C(=O)c1cc2ccc(-c3cnc4nn(C)cc4c3)nc2s1. The topological polar surface area (TPSA) is 73.1 Å². The molecule has 1 fully saturated rings. The molecule has 1 saturated heterocycles. The van der Waals surface area contributed by atoms with Crippen LogP contribution in [-0.2, 0) is 11.8 Å². The minimum Gasteiger partial charge on any atom is -0.377 e. The highest BCUT2D eigenvalue weighted by molar-refractivity contribution is 7.20. The molecule has 0 spiro atoms. The number of amides is 1. The monoisotopic (exact) mass is 393 g/mol. The number of ether oxygens (including phenoxy) is 1. The average molecular weight is 393 g/mol. The van der Waals surface area contributed by atoms with Gasteiger partial charge in [-0.25, -0.2) is 9.97 Å². The fourth-order valence-corrected chi connectivity index (χ4v) is 4.51. The van der Waals surface area contributed by atoms with Crippen LogP contribution in [-0.4, -0.2) is 56.4 Å². The minimum atomic E-state index is 0.0544. The van der Waals surface area contributed by atoms with Crippen molar-refractivity contribution in [3.63, 3.8) is 0 Å². The van der Waals surface area contributed by atoms with Crippen molar-refractivity contribution >= 4 is 38.5 Å². The highest BCUT2D eigenvalue weighted by Gasteiger charge is 2.26. The Hall–Kier alpha value is -2.84. The fraction of sp³-hybridized carbons (Fsp3) is 0.300. The summed E-state index contributed by atoms with van der Waals surface area (Å²) in [5.74, 6) is 0.0544. The number of rotatable bonds is 2. The van der Waals surface area contributed by atoms with Gasteiger partial charge in [0.15, 0.2) is 5.65 Å². The predicted molar refractivity (Wildman–Crippen MR) is 108 cm³/mol. The van der Waals surface area contributed by atoms with E-state index in [9.17, 15) is 4.79 Å². The Balaban J connectivity index is 1.49. The third kappa shape index (κ3) is 2.94. The number of hydrogen-bond acceptors (Lipinski definition) is 6. The summed E-state index contributed by atoms with van der Waals surface area (Å²) < 4.78 is 7.19. The molecule has 5 rings (SSSR count). The molecule has 28 heavy (non-hydrogen) atoms. The highest BCUT2D eigenvalue weighted by atomic mass is 32.1. The Morgan fingerprint density at radius 3 is 3.04 bits per heavy atom. The molecule has 4 aromatic rings. The normalized spacial score (nSPS) is 17.5. The first-order valence-corrected chi connectivity index (χ1v) is 9.99. The lowest BCUT2D eigenvalue weighted by Gasteiger charge is -2.32. The predicted octanol–water partition coefficient (Wildman–Crippen LogP) is 3.11. The van der Waals surface area contributed by atoms with Crippen molar-refractivity contribution in [3.05, 3.63) is 41.5 Å². The molecule has 7 nitrogen and oxygen atoms in total. The summed E-state index contributed by atoms with van der Waals surface area (Å²) in [5, 5.41) is 6.26. The van der Waals surface area contributed by atoms with Crippen molar-refractivity contribution in [2.45, 2.75) is 13.0 Å². The van der Waals surface area contributed by atoms with E-state index in [0.29, 0.717) is 24.6 Å². The van der Waals surface area contributed by atoms with Gasteiger partial charge in [-0.05, 0) is 31.2 Å². The number of hydrogen-bond donors (Lipinski definition) is 0. The molecule has 142 valence electrons. The van der Waals surface area contributed by atoms with E-state index in [2.05, 4.69) is 10.1 Å². The van der Waals surface area contributed by atoms with Crippen LogP contribution >= 0.6 is 11.3 Å². The van der Waals surface area contributed by atoms with E-state index in [-0.39, 0.29) is 11.9 Å². The van der Waals surface area contributed by atoms with Crippen molar-refractivity contribution < 1.29 is 9.53 Å². The first-order chi connectivity index (χ1) is 13.6. The number of aromatic nitrogens is 4. The molecule has 0 aromatic carbocycles. The van der Waals surface area contributed by atoms with Crippen LogP contribution in [0.3, 0.4) is 0 Å². The fourth-order valence-electron chi connectivity index (χ4n) is 3.53. The number of fused-ring (bicyclic) bond motifs is 2. The average Bonchev–Trinajstić information content (AvgIpc) is 3.28. The van der Waals surface area contributed by atoms with Gasteiger partial charge in [0.2, 0.25) is 0 Å². The zero-order valence-electron chi connectivity index (χ0n) is 15.6. The van der Waals surface area contributed by atoms with E-state index < -0.39 is 0 Å². The van der Waals surface area contributed by atoms with Crippen molar-refractivity contribution in [2.24, 2.45) is 7.05 Å². The quantitative estimate of drug-likeness (QED) is 0.523. The minimum absolute atomic E-state index is 0.0544. The molecule has 5 heterocycles. The molecule has 4 aromatic heterocycles. The maximum Gasteiger partial charge on any atom is 0.264 e. The van der Waals surface area contributed by atoms with Gasteiger partial charge in [0.25, 0.3) is 5.91 Å². The molecule has 0 N–H and O–H groups in total. The van der Waals surface area contributed by atoms with Crippen LogP contribution in [0.1, 0.15) is 16.6 Å². The molecule has 1 aliphatic rings. The lowest BCUT2D eigenvalue weighted by molar-refractivity contribution is 0.00387. The number of pyridine rings is 2. The molecule has 1 aliphatic heterocycles. The number of carbonyl (C=O) groups is 1. The van der Waals surface area contributed by atoms with E-state index in [0.717, 1.165) is 32.5 Å². The summed E-state index contributed by atoms with van der Waals surface area (Å²) in [5.41, 5.74) is 2.49. The molecular weight excluding hydrogens is 374 g/mol. The van der Waals surface area contributed by atoms with Gasteiger partial charge in [-0.15, -0.1) is 11.3 Å². The number of morpholine rings is 1. The molecule has 0 saturated carbocycles. The van der Waals surface area contributed by atoms with Crippen molar-refractivity contribution in [2.75, 3.05) is 19.8 Å². The summed E-state index contributed by atoms with van der Waals surface area (Å²) in [4.78, 5) is 25.6. The van der Waals surface area contributed by atoms with E-state index in [1.54, 1.807) is 10.9 Å². The number of aryl methyl sites for hydroxylation is 1. The van der Waals surface area contributed by atoms with Crippen LogP contribution in [0, 0.1) is 0 Å². The van der Waals surface area contributed by atoms with Crippen LogP contribution in [0.4, 0.5) is 0 Å². The van der Waals surface area contributed by atoms with Gasteiger partial charge in [-0.2, -0.15) is 5.10 Å². The first-order valence-electron chi connectivity index (χ1n) is 9.17. The summed E-state index contributed by atoms with van der Waals surface area (Å²) >= 11 is 1.44. The van der Waals surface area contributed by atoms with Crippen molar-refractivity contribution in [1.29, 1.82) is 0 Å². The summed E-state index contributed by atoms with van der Waals surface area (Å²) in [6.45, 7) is 3.82. The van der Waals surface area contributed by atoms with Gasteiger partial charge in [0.1, 0.15) is 4.83 Å². The second-order valence-electron chi connectivity index (χ2n) is 7.06. The molecule has 1 amide bonds. The van der Waals surface area contributed by atoms with E-state index in [1.807, 2.05) is 49.3 Å². The molecule has 1 atom stereocenters. The van der Waals surface area contributed by atoms with E-state index in [4.69, 9.17) is 9.72 Å². The Morgan fingerprint density at radius 1 is 1.29 bits per heavy atom. The third-order valence-corrected chi connectivity index (χ3v) is 6.02. The maximum atomic E-state index is 12.9. The zero-order chi connectivity index (χ0) is 19.3. The van der Waals surface area contributed by atoms with Gasteiger partial charge < -0.3 is 9.64 Å². The third-order valence-electron chi connectivity index (χ3n) is 4.99. The Morgan fingerprint density at radius 2 is 2.18 bits per heavy atom. The second-order valence-corrected chi connectivity index (χ2v) is 8.09. The lowest BCUT2D eigenvalue weighted by atomic mass is 10.1. The Labute approximate surface area is 165 Å². The molecule has 0 aliphatic carbocycles. The maximum absolute atomic E-state index is 12.9. The van der Waals surface area contributed by atoms with Gasteiger partial charge >= 0.3 is 0 Å². The molecule has 0 bridgehead atoms. The smallest absolute Gasteiger partial charge is 0.264 e. The lowest BCUT2D eigenvalue weighted by Crippen LogP contribution is -2.46. The number of carbonyl (C=O) groups excluding carboxylic acids is 1. The Kier molecular flexibility index (Phi) is 4.10. The molecule has 0 radical (unpaired) electrons. The van der Waals surface area contributed by atoms with Gasteiger partial charge in [-0.3, -0.25) is 9.48 Å². The highest BCUT2D eigenvalue weighted by Crippen LogP contribution is 2.29. The van der Waals surface area contributed by atoms with E-state index >= 15 is 0 Å². The molecule has 1 unspecified atom stereocenters. The standard InChI is InChI=1S/C20H19N5O2S/c1-12-11-27-6-5-25(12)20(26)17-8-13-3-4-16(22-19(13)28-17)14-7-15-10-24(2)23-18(15)21-9-14/h3-4,7-10,12H,5-6,11H2,1-2H3. The zero-order valence-corrected chi connectivity index (χ0v) is 16.4. The van der Waals surface area contributed by atoms with Crippen LogP contribution in [0.2, 0.25) is 0 Å². The van der Waals surface area contributed by atoms with Crippen LogP contribution in [0.25, 0.3) is 32.5 Å². The van der Waals surface area contributed by atoms with Crippen molar-refractivity contribution in [3.8, 4) is 11.3 Å². The molecular formula is C20H19N5O2S. The number of nitrogens with zero attached hydrogens (tertiary/aromatic N) is 5. The van der Waals surface area contributed by atoms with Crippen LogP contribution in [0.15, 0.2) is 36.7 Å². The van der Waals surface area contributed by atoms with Gasteiger partial charge in [0, 0.05) is 42.3 Å². The van der Waals surface area contributed by atoms with Crippen molar-refractivity contribution in [1.82, 2.24) is 24.6 Å². The summed E-state index contributed by atoms with van der Waals surface area (Å²) in [6, 6.07) is 8.05. The largest absolute Gasteiger partial charge is 0.377 e. The second kappa shape index (κ2) is 6.65. The van der Waals surface area contributed by atoms with Gasteiger partial charge in [-0.1, -0.05) is 0 Å². The summed E-state index contributed by atoms with van der Waals surface area (Å²) in [6.07, 6.45) is 3.73. The van der Waals surface area contributed by atoms with E-state index in [1.165, 1.54) is 11.3 Å². The molecule has 8 heteroatoms. The summed E-state index contributed by atoms with van der Waals surface area (Å²) in [7, 11) is 1.88. The Bertz CT molecular complexity index is 1200. The van der Waals surface area contributed by atoms with Crippen LogP contribution < -0.4 is 0 Å². The first kappa shape index (κ1) is 17.3. The number of thiophene rings is 1.